The zero-order chi connectivity index (χ0) is 14.6. The summed E-state index contributed by atoms with van der Waals surface area (Å²) in [6, 6.07) is 2.24. The van der Waals surface area contributed by atoms with Crippen molar-refractivity contribution in [2.45, 2.75) is 6.92 Å². The average Bonchev–Trinajstić information content (AvgIpc) is 2.32. The fourth-order valence-electron chi connectivity index (χ4n) is 1.12. The maximum Gasteiger partial charge on any atom is 0.319 e. The van der Waals surface area contributed by atoms with E-state index in [1.54, 1.807) is 0 Å². The molecule has 0 aliphatic heterocycles. The van der Waals surface area contributed by atoms with Crippen LogP contribution in [-0.2, 0) is 4.79 Å². The van der Waals surface area contributed by atoms with Gasteiger partial charge < -0.3 is 15.7 Å². The molecule has 8 heteroatoms. The SMILES string of the molecule is CC(CNC(=O)Nc1cc(Cl)c(Cl)cc1Cl)C(=O)O. The molecule has 1 atom stereocenters. The predicted molar refractivity (Wildman–Crippen MR) is 75.3 cm³/mol. The standard InChI is InChI=1S/C11H11Cl3N2O3/c1-5(10(17)18)4-15-11(19)16-9-3-7(13)6(12)2-8(9)14/h2-3,5H,4H2,1H3,(H,17,18)(H2,15,16,19). The largest absolute Gasteiger partial charge is 0.481 e. The first kappa shape index (κ1) is 15.9. The lowest BCUT2D eigenvalue weighted by molar-refractivity contribution is -0.140. The minimum absolute atomic E-state index is 0.000107. The molecule has 0 aliphatic carbocycles. The number of carbonyl (C=O) groups excluding carboxylic acids is 1. The smallest absolute Gasteiger partial charge is 0.319 e. The van der Waals surface area contributed by atoms with Gasteiger partial charge in [-0.1, -0.05) is 41.7 Å². The van der Waals surface area contributed by atoms with Crippen LogP contribution in [0.5, 0.6) is 0 Å². The molecule has 104 valence electrons. The Morgan fingerprint density at radius 3 is 2.37 bits per heavy atom. The fraction of sp³-hybridized carbons (Fsp3) is 0.273. The molecular formula is C11H11Cl3N2O3. The van der Waals surface area contributed by atoms with Crippen LogP contribution in [0.1, 0.15) is 6.92 Å². The van der Waals surface area contributed by atoms with E-state index in [0.717, 1.165) is 0 Å². The number of carboxylic acids is 1. The second kappa shape index (κ2) is 6.84. The number of aliphatic carboxylic acids is 1. The summed E-state index contributed by atoms with van der Waals surface area (Å²) >= 11 is 17.4. The van der Waals surface area contributed by atoms with Crippen LogP contribution >= 0.6 is 34.8 Å². The normalized spacial score (nSPS) is 11.8. The first-order valence-electron chi connectivity index (χ1n) is 5.23. The topological polar surface area (TPSA) is 78.4 Å². The number of nitrogens with one attached hydrogen (secondary N) is 2. The van der Waals surface area contributed by atoms with Crippen LogP contribution in [0, 0.1) is 5.92 Å². The number of rotatable bonds is 4. The van der Waals surface area contributed by atoms with E-state index in [9.17, 15) is 9.59 Å². The lowest BCUT2D eigenvalue weighted by atomic mass is 10.2. The van der Waals surface area contributed by atoms with Crippen molar-refractivity contribution in [2.24, 2.45) is 5.92 Å². The number of carbonyl (C=O) groups is 2. The molecule has 1 aromatic carbocycles. The number of carboxylic acid groups (broad SMARTS) is 1. The number of anilines is 1. The summed E-state index contributed by atoms with van der Waals surface area (Å²) in [6.45, 7) is 1.48. The highest BCUT2D eigenvalue weighted by atomic mass is 35.5. The van der Waals surface area contributed by atoms with Gasteiger partial charge in [0.2, 0.25) is 0 Å². The van der Waals surface area contributed by atoms with E-state index in [1.165, 1.54) is 19.1 Å². The zero-order valence-corrected chi connectivity index (χ0v) is 12.1. The van der Waals surface area contributed by atoms with Gasteiger partial charge in [-0.15, -0.1) is 0 Å². The minimum Gasteiger partial charge on any atom is -0.481 e. The summed E-state index contributed by atoms with van der Waals surface area (Å²) in [5.41, 5.74) is 0.288. The van der Waals surface area contributed by atoms with Crippen LogP contribution in [0.2, 0.25) is 15.1 Å². The summed E-state index contributed by atoms with van der Waals surface area (Å²) in [7, 11) is 0. The lowest BCUT2D eigenvalue weighted by Crippen LogP contribution is -2.34. The summed E-state index contributed by atoms with van der Waals surface area (Å²) in [6.07, 6.45) is 0. The van der Waals surface area contributed by atoms with Crippen LogP contribution in [0.25, 0.3) is 0 Å². The Morgan fingerprint density at radius 1 is 1.21 bits per heavy atom. The van der Waals surface area contributed by atoms with Gasteiger partial charge in [0, 0.05) is 6.54 Å². The Hall–Kier alpha value is -1.17. The Kier molecular flexibility index (Phi) is 5.72. The Labute approximate surface area is 124 Å². The molecule has 5 nitrogen and oxygen atoms in total. The molecule has 1 aromatic rings. The summed E-state index contributed by atoms with van der Waals surface area (Å²) in [5, 5.41) is 14.3. The van der Waals surface area contributed by atoms with E-state index in [4.69, 9.17) is 39.9 Å². The van der Waals surface area contributed by atoms with Crippen LogP contribution in [0.15, 0.2) is 12.1 Å². The molecule has 0 fully saturated rings. The second-order valence-corrected chi connectivity index (χ2v) is 5.04. The zero-order valence-electron chi connectivity index (χ0n) is 9.84. The Morgan fingerprint density at radius 2 is 1.79 bits per heavy atom. The van der Waals surface area contributed by atoms with Crippen LogP contribution in [-0.4, -0.2) is 23.7 Å². The second-order valence-electron chi connectivity index (χ2n) is 3.82. The summed E-state index contributed by atoms with van der Waals surface area (Å²) in [4.78, 5) is 22.1. The van der Waals surface area contributed by atoms with Crippen molar-refractivity contribution < 1.29 is 14.7 Å². The molecule has 0 radical (unpaired) electrons. The third-order valence-corrected chi connectivity index (χ3v) is 3.28. The number of hydrogen-bond donors (Lipinski definition) is 3. The third-order valence-electron chi connectivity index (χ3n) is 2.25. The molecule has 0 saturated carbocycles. The highest BCUT2D eigenvalue weighted by Crippen LogP contribution is 2.32. The van der Waals surface area contributed by atoms with Crippen LogP contribution in [0.4, 0.5) is 10.5 Å². The highest BCUT2D eigenvalue weighted by molar-refractivity contribution is 6.44. The average molecular weight is 326 g/mol. The van der Waals surface area contributed by atoms with E-state index in [1.807, 2.05) is 0 Å². The number of halogens is 3. The van der Waals surface area contributed by atoms with Crippen molar-refractivity contribution >= 4 is 52.5 Å². The van der Waals surface area contributed by atoms with Gasteiger partial charge in [-0.25, -0.2) is 4.79 Å². The monoisotopic (exact) mass is 324 g/mol. The van der Waals surface area contributed by atoms with Gasteiger partial charge >= 0.3 is 12.0 Å². The first-order valence-corrected chi connectivity index (χ1v) is 6.37. The highest BCUT2D eigenvalue weighted by Gasteiger charge is 2.13. The van der Waals surface area contributed by atoms with Gasteiger partial charge in [-0.05, 0) is 12.1 Å². The van der Waals surface area contributed by atoms with Gasteiger partial charge in [0.25, 0.3) is 0 Å². The van der Waals surface area contributed by atoms with E-state index in [2.05, 4.69) is 10.6 Å². The summed E-state index contributed by atoms with van der Waals surface area (Å²) in [5.74, 6) is -1.68. The molecule has 0 bridgehead atoms. The van der Waals surface area contributed by atoms with Gasteiger partial charge in [0.1, 0.15) is 0 Å². The van der Waals surface area contributed by atoms with Crippen molar-refractivity contribution in [2.75, 3.05) is 11.9 Å². The van der Waals surface area contributed by atoms with E-state index < -0.39 is 17.9 Å². The maximum atomic E-state index is 11.5. The number of urea groups is 1. The third kappa shape index (κ3) is 4.78. The number of hydrogen-bond acceptors (Lipinski definition) is 2. The molecule has 0 aromatic heterocycles. The number of benzene rings is 1. The fourth-order valence-corrected chi connectivity index (χ4v) is 1.71. The maximum absolute atomic E-state index is 11.5. The van der Waals surface area contributed by atoms with Crippen LogP contribution < -0.4 is 10.6 Å². The van der Waals surface area contributed by atoms with E-state index in [0.29, 0.717) is 0 Å². The molecule has 0 spiro atoms. The predicted octanol–water partition coefficient (Wildman–Crippen LogP) is 3.49. The van der Waals surface area contributed by atoms with Gasteiger partial charge in [-0.3, -0.25) is 4.79 Å². The van der Waals surface area contributed by atoms with Gasteiger partial charge in [0.15, 0.2) is 0 Å². The molecule has 1 unspecified atom stereocenters. The summed E-state index contributed by atoms with van der Waals surface area (Å²) < 4.78 is 0. The van der Waals surface area contributed by atoms with Crippen molar-refractivity contribution in [3.8, 4) is 0 Å². The first-order chi connectivity index (χ1) is 8.81. The van der Waals surface area contributed by atoms with Crippen molar-refractivity contribution in [1.82, 2.24) is 5.32 Å². The molecule has 0 aliphatic rings. The molecular weight excluding hydrogens is 314 g/mol. The minimum atomic E-state index is -0.993. The Balaban J connectivity index is 2.62. The lowest BCUT2D eigenvalue weighted by Gasteiger charge is -2.11. The molecule has 3 N–H and O–H groups in total. The number of amides is 2. The van der Waals surface area contributed by atoms with Gasteiger partial charge in [0.05, 0.1) is 26.7 Å². The molecule has 2 amide bonds. The van der Waals surface area contributed by atoms with E-state index in [-0.39, 0.29) is 27.3 Å². The molecule has 0 heterocycles. The van der Waals surface area contributed by atoms with E-state index >= 15 is 0 Å². The van der Waals surface area contributed by atoms with Crippen molar-refractivity contribution in [3.63, 3.8) is 0 Å². The molecule has 1 rings (SSSR count). The Bertz CT molecular complexity index is 508. The molecule has 0 saturated heterocycles. The van der Waals surface area contributed by atoms with Crippen molar-refractivity contribution in [3.05, 3.63) is 27.2 Å². The molecule has 19 heavy (non-hydrogen) atoms. The quantitative estimate of drug-likeness (QED) is 0.741. The van der Waals surface area contributed by atoms with Gasteiger partial charge in [-0.2, -0.15) is 0 Å². The van der Waals surface area contributed by atoms with Crippen molar-refractivity contribution in [1.29, 1.82) is 0 Å². The van der Waals surface area contributed by atoms with Crippen LogP contribution in [0.3, 0.4) is 0 Å².